The van der Waals surface area contributed by atoms with Gasteiger partial charge >= 0.3 is 6.03 Å². The van der Waals surface area contributed by atoms with Crippen molar-refractivity contribution in [3.8, 4) is 0 Å². The van der Waals surface area contributed by atoms with Crippen LogP contribution < -0.4 is 5.32 Å². The molecule has 4 amide bonds. The number of hydrogen-bond acceptors (Lipinski definition) is 6. The van der Waals surface area contributed by atoms with Gasteiger partial charge in [0.05, 0.1) is 25.7 Å². The Labute approximate surface area is 181 Å². The number of aliphatic imine (C=N–C) groups is 1. The Kier molecular flexibility index (Phi) is 5.84. The minimum atomic E-state index is -0.704. The molecule has 0 spiro atoms. The third-order valence-electron chi connectivity index (χ3n) is 6.36. The lowest BCUT2D eigenvalue weighted by Crippen LogP contribution is -2.66. The molecule has 4 heterocycles. The van der Waals surface area contributed by atoms with Gasteiger partial charge in [-0.05, 0) is 36.8 Å². The first-order valence-corrected chi connectivity index (χ1v) is 10.7. The van der Waals surface area contributed by atoms with Gasteiger partial charge < -0.3 is 14.6 Å². The number of carbonyl (C=O) groups is 3. The minimum absolute atomic E-state index is 0.0270. The molecule has 9 nitrogen and oxygen atoms in total. The molecule has 1 N–H and O–H groups in total. The Morgan fingerprint density at radius 2 is 2.16 bits per heavy atom. The second-order valence-corrected chi connectivity index (χ2v) is 8.74. The summed E-state index contributed by atoms with van der Waals surface area (Å²) in [6, 6.07) is 2.50. The van der Waals surface area contributed by atoms with Gasteiger partial charge in [-0.25, -0.2) is 9.79 Å². The molecule has 2 fully saturated rings. The van der Waals surface area contributed by atoms with Crippen molar-refractivity contribution < 1.29 is 18.8 Å². The van der Waals surface area contributed by atoms with Crippen LogP contribution in [0.4, 0.5) is 4.79 Å². The van der Waals surface area contributed by atoms with Crippen molar-refractivity contribution >= 4 is 24.2 Å². The maximum Gasteiger partial charge on any atom is 0.328 e. The van der Waals surface area contributed by atoms with Crippen LogP contribution in [-0.2, 0) is 16.1 Å². The van der Waals surface area contributed by atoms with Crippen molar-refractivity contribution in [2.45, 2.75) is 45.4 Å². The molecule has 4 atom stereocenters. The summed E-state index contributed by atoms with van der Waals surface area (Å²) in [6.45, 7) is 9.43. The molecule has 9 heteroatoms. The van der Waals surface area contributed by atoms with Gasteiger partial charge in [0.2, 0.25) is 5.91 Å². The van der Waals surface area contributed by atoms with Crippen molar-refractivity contribution in [3.63, 3.8) is 0 Å². The average molecular weight is 428 g/mol. The predicted molar refractivity (Wildman–Crippen MR) is 114 cm³/mol. The Hall–Kier alpha value is -3.10. The Balaban J connectivity index is 1.50. The number of hydrogen-bond donors (Lipinski definition) is 1. The van der Waals surface area contributed by atoms with Crippen LogP contribution >= 0.6 is 0 Å². The minimum Gasteiger partial charge on any atom is -0.467 e. The first-order valence-electron chi connectivity index (χ1n) is 10.7. The number of urea groups is 1. The van der Waals surface area contributed by atoms with Crippen molar-refractivity contribution in [1.82, 2.24) is 20.0 Å². The normalized spacial score (nSPS) is 28.7. The lowest BCUT2D eigenvalue weighted by molar-refractivity contribution is -0.138. The average Bonchev–Trinajstić information content (AvgIpc) is 3.39. The quantitative estimate of drug-likeness (QED) is 0.739. The lowest BCUT2D eigenvalue weighted by Gasteiger charge is -2.44. The van der Waals surface area contributed by atoms with E-state index in [1.807, 2.05) is 0 Å². The topological polar surface area (TPSA) is 98.5 Å². The smallest absolute Gasteiger partial charge is 0.328 e. The van der Waals surface area contributed by atoms with Crippen molar-refractivity contribution in [1.29, 1.82) is 0 Å². The zero-order valence-corrected chi connectivity index (χ0v) is 18.0. The second-order valence-electron chi connectivity index (χ2n) is 8.74. The molecular formula is C22H29N5O4. The maximum atomic E-state index is 13.3. The van der Waals surface area contributed by atoms with Gasteiger partial charge in [-0.15, -0.1) is 0 Å². The zero-order chi connectivity index (χ0) is 22.1. The van der Waals surface area contributed by atoms with Crippen molar-refractivity contribution in [2.75, 3.05) is 19.6 Å². The standard InChI is InChI=1S/C22H29N5O4/c1-14-6-7-26-21(29)19-20(27(22(26)30)11-16(3)15(2)9-14)24-13-25(19)12-18(28)23-10-17-5-4-8-31-17/h4-5,8,13-15,19-20H,3,6-7,9-12H2,1-2H3,(H,23,28). The molecular weight excluding hydrogens is 398 g/mol. The Bertz CT molecular complexity index is 896. The third kappa shape index (κ3) is 4.22. The molecule has 3 aliphatic rings. The molecule has 0 aliphatic carbocycles. The highest BCUT2D eigenvalue weighted by molar-refractivity contribution is 6.02. The SMILES string of the molecule is C=C1CN2C(=O)N(CCC(C)CC1C)C(=O)C1C2N=CN1CC(=O)NCc1ccco1. The first-order chi connectivity index (χ1) is 14.8. The number of fused-ring (bicyclic) bond motifs is 4. The van der Waals surface area contributed by atoms with Crippen LogP contribution in [0.15, 0.2) is 40.0 Å². The molecule has 3 aliphatic heterocycles. The van der Waals surface area contributed by atoms with E-state index in [-0.39, 0.29) is 36.9 Å². The van der Waals surface area contributed by atoms with Crippen LogP contribution in [0.25, 0.3) is 0 Å². The maximum absolute atomic E-state index is 13.3. The molecule has 4 unspecified atom stereocenters. The summed E-state index contributed by atoms with van der Waals surface area (Å²) in [5.41, 5.74) is 0.958. The molecule has 31 heavy (non-hydrogen) atoms. The van der Waals surface area contributed by atoms with E-state index in [4.69, 9.17) is 4.42 Å². The molecule has 0 aromatic carbocycles. The summed E-state index contributed by atoms with van der Waals surface area (Å²) in [5.74, 6) is 0.751. The molecule has 0 saturated carbocycles. The highest BCUT2D eigenvalue weighted by Gasteiger charge is 2.51. The van der Waals surface area contributed by atoms with E-state index in [1.54, 1.807) is 28.2 Å². The Morgan fingerprint density at radius 1 is 1.35 bits per heavy atom. The number of amides is 4. The lowest BCUT2D eigenvalue weighted by atomic mass is 9.88. The van der Waals surface area contributed by atoms with Gasteiger partial charge in [-0.1, -0.05) is 26.0 Å². The van der Waals surface area contributed by atoms with E-state index in [9.17, 15) is 14.4 Å². The summed E-state index contributed by atoms with van der Waals surface area (Å²) >= 11 is 0. The van der Waals surface area contributed by atoms with Crippen molar-refractivity contribution in [3.05, 3.63) is 36.3 Å². The number of rotatable bonds is 4. The van der Waals surface area contributed by atoms with E-state index in [2.05, 4.69) is 30.7 Å². The molecule has 4 rings (SSSR count). The monoisotopic (exact) mass is 427 g/mol. The molecule has 1 aromatic heterocycles. The van der Waals surface area contributed by atoms with E-state index < -0.39 is 12.2 Å². The van der Waals surface area contributed by atoms with Gasteiger partial charge in [-0.3, -0.25) is 19.4 Å². The highest BCUT2D eigenvalue weighted by atomic mass is 16.3. The van der Waals surface area contributed by atoms with Gasteiger partial charge in [0, 0.05) is 13.1 Å². The first kappa shape index (κ1) is 21.1. The van der Waals surface area contributed by atoms with Gasteiger partial charge in [0.1, 0.15) is 5.76 Å². The fourth-order valence-electron chi connectivity index (χ4n) is 4.46. The van der Waals surface area contributed by atoms with E-state index in [1.165, 1.54) is 11.2 Å². The van der Waals surface area contributed by atoms with Gasteiger partial charge in [0.25, 0.3) is 5.91 Å². The summed E-state index contributed by atoms with van der Waals surface area (Å²) in [4.78, 5) is 47.9. The van der Waals surface area contributed by atoms with Gasteiger partial charge in [0.15, 0.2) is 12.2 Å². The third-order valence-corrected chi connectivity index (χ3v) is 6.36. The molecule has 0 radical (unpaired) electrons. The van der Waals surface area contributed by atoms with Crippen LogP contribution in [-0.4, -0.2) is 70.7 Å². The fourth-order valence-corrected chi connectivity index (χ4v) is 4.46. The molecule has 1 aromatic rings. The number of nitrogens with zero attached hydrogens (tertiary/aromatic N) is 4. The number of imide groups is 1. The summed E-state index contributed by atoms with van der Waals surface area (Å²) < 4.78 is 5.23. The molecule has 2 bridgehead atoms. The van der Waals surface area contributed by atoms with E-state index in [0.717, 1.165) is 18.4 Å². The summed E-state index contributed by atoms with van der Waals surface area (Å²) in [6.07, 6.45) is 4.13. The van der Waals surface area contributed by atoms with Crippen LogP contribution in [0.1, 0.15) is 32.4 Å². The molecule has 2 saturated heterocycles. The Morgan fingerprint density at radius 3 is 2.90 bits per heavy atom. The van der Waals surface area contributed by atoms with Crippen molar-refractivity contribution in [2.24, 2.45) is 16.8 Å². The van der Waals surface area contributed by atoms with Gasteiger partial charge in [-0.2, -0.15) is 0 Å². The van der Waals surface area contributed by atoms with Crippen LogP contribution in [0.2, 0.25) is 0 Å². The predicted octanol–water partition coefficient (Wildman–Crippen LogP) is 1.82. The summed E-state index contributed by atoms with van der Waals surface area (Å²) in [5, 5.41) is 2.79. The van der Waals surface area contributed by atoms with E-state index in [0.29, 0.717) is 24.8 Å². The van der Waals surface area contributed by atoms with Crippen LogP contribution in [0.5, 0.6) is 0 Å². The number of furan rings is 1. The summed E-state index contributed by atoms with van der Waals surface area (Å²) in [7, 11) is 0. The fraction of sp³-hybridized carbons (Fsp3) is 0.545. The van der Waals surface area contributed by atoms with E-state index >= 15 is 0 Å². The second kappa shape index (κ2) is 8.56. The van der Waals surface area contributed by atoms with Crippen LogP contribution in [0.3, 0.4) is 0 Å². The highest BCUT2D eigenvalue weighted by Crippen LogP contribution is 2.31. The number of carbonyl (C=O) groups excluding carboxylic acids is 3. The molecule has 166 valence electrons. The zero-order valence-electron chi connectivity index (χ0n) is 18.0. The van der Waals surface area contributed by atoms with Crippen LogP contribution in [0, 0.1) is 11.8 Å². The largest absolute Gasteiger partial charge is 0.467 e. The number of nitrogens with one attached hydrogen (secondary N) is 1.